The first kappa shape index (κ1) is 15.6. The normalized spacial score (nSPS) is 10.9. The zero-order valence-corrected chi connectivity index (χ0v) is 12.8. The average Bonchev–Trinajstić information content (AvgIpc) is 2.99. The molecule has 1 N–H and O–H groups in total. The van der Waals surface area contributed by atoms with Gasteiger partial charge in [0, 0.05) is 21.4 Å². The first-order chi connectivity index (χ1) is 10.6. The predicted octanol–water partition coefficient (Wildman–Crippen LogP) is 3.42. The number of thiophene rings is 1. The molecule has 2 rings (SSSR count). The number of hydrogen-bond donors (Lipinski definition) is 1. The van der Waals surface area contributed by atoms with Gasteiger partial charge in [-0.1, -0.05) is 0 Å². The van der Waals surface area contributed by atoms with Crippen LogP contribution in [0.15, 0.2) is 35.9 Å². The Morgan fingerprint density at radius 2 is 2.05 bits per heavy atom. The SMILES string of the molecule is COc1ccc(-c2ccc(/C=C(\C#N)C(=O)O)s2)c(OC)c1. The topological polar surface area (TPSA) is 79.5 Å². The van der Waals surface area contributed by atoms with Gasteiger partial charge < -0.3 is 14.6 Å². The van der Waals surface area contributed by atoms with E-state index >= 15 is 0 Å². The third-order valence-electron chi connectivity index (χ3n) is 2.94. The van der Waals surface area contributed by atoms with Crippen molar-refractivity contribution in [2.24, 2.45) is 0 Å². The maximum atomic E-state index is 10.9. The molecule has 0 aliphatic heterocycles. The van der Waals surface area contributed by atoms with Crippen LogP contribution in [0.3, 0.4) is 0 Å². The summed E-state index contributed by atoms with van der Waals surface area (Å²) < 4.78 is 10.5. The molecular weight excluding hydrogens is 302 g/mol. The van der Waals surface area contributed by atoms with Crippen LogP contribution in [0.25, 0.3) is 16.5 Å². The highest BCUT2D eigenvalue weighted by atomic mass is 32.1. The van der Waals surface area contributed by atoms with Gasteiger partial charge in [-0.25, -0.2) is 4.79 Å². The molecule has 0 aliphatic carbocycles. The Bertz CT molecular complexity index is 771. The minimum atomic E-state index is -1.24. The molecule has 6 heteroatoms. The molecule has 0 amide bonds. The van der Waals surface area contributed by atoms with Gasteiger partial charge in [0.1, 0.15) is 23.1 Å². The van der Waals surface area contributed by atoms with Gasteiger partial charge in [-0.15, -0.1) is 11.3 Å². The van der Waals surface area contributed by atoms with Crippen molar-refractivity contribution in [3.63, 3.8) is 0 Å². The van der Waals surface area contributed by atoms with Crippen LogP contribution >= 0.6 is 11.3 Å². The molecule has 2 aromatic rings. The zero-order chi connectivity index (χ0) is 16.1. The zero-order valence-electron chi connectivity index (χ0n) is 12.0. The van der Waals surface area contributed by atoms with Gasteiger partial charge in [-0.05, 0) is 30.3 Å². The number of carbonyl (C=O) groups is 1. The molecule has 0 atom stereocenters. The average molecular weight is 315 g/mol. The van der Waals surface area contributed by atoms with Crippen molar-refractivity contribution >= 4 is 23.4 Å². The number of aliphatic carboxylic acids is 1. The molecule has 0 saturated carbocycles. The fourth-order valence-corrected chi connectivity index (χ4v) is 2.84. The molecule has 0 bridgehead atoms. The van der Waals surface area contributed by atoms with Crippen molar-refractivity contribution in [1.82, 2.24) is 0 Å². The molecule has 0 unspecified atom stereocenters. The highest BCUT2D eigenvalue weighted by molar-refractivity contribution is 7.16. The molecule has 1 heterocycles. The number of rotatable bonds is 5. The largest absolute Gasteiger partial charge is 0.497 e. The lowest BCUT2D eigenvalue weighted by molar-refractivity contribution is -0.132. The second-order valence-electron chi connectivity index (χ2n) is 4.24. The number of hydrogen-bond acceptors (Lipinski definition) is 5. The number of nitriles is 1. The fourth-order valence-electron chi connectivity index (χ4n) is 1.86. The predicted molar refractivity (Wildman–Crippen MR) is 84.1 cm³/mol. The van der Waals surface area contributed by atoms with E-state index in [2.05, 4.69) is 0 Å². The van der Waals surface area contributed by atoms with Crippen molar-refractivity contribution in [2.75, 3.05) is 14.2 Å². The number of carboxylic acid groups (broad SMARTS) is 1. The number of ether oxygens (including phenoxy) is 2. The number of carboxylic acids is 1. The Hall–Kier alpha value is -2.78. The fraction of sp³-hybridized carbons (Fsp3) is 0.125. The number of methoxy groups -OCH3 is 2. The Kier molecular flexibility index (Phi) is 4.81. The van der Waals surface area contributed by atoms with E-state index < -0.39 is 5.97 Å². The first-order valence-corrected chi connectivity index (χ1v) is 7.08. The summed E-state index contributed by atoms with van der Waals surface area (Å²) in [5.74, 6) is 0.116. The van der Waals surface area contributed by atoms with E-state index in [1.54, 1.807) is 32.4 Å². The van der Waals surface area contributed by atoms with E-state index in [0.29, 0.717) is 16.4 Å². The second kappa shape index (κ2) is 6.78. The summed E-state index contributed by atoms with van der Waals surface area (Å²) in [6.45, 7) is 0. The summed E-state index contributed by atoms with van der Waals surface area (Å²) in [7, 11) is 3.16. The lowest BCUT2D eigenvalue weighted by atomic mass is 10.1. The van der Waals surface area contributed by atoms with Crippen LogP contribution in [0, 0.1) is 11.3 Å². The van der Waals surface area contributed by atoms with E-state index in [-0.39, 0.29) is 5.57 Å². The smallest absolute Gasteiger partial charge is 0.346 e. The first-order valence-electron chi connectivity index (χ1n) is 6.26. The monoisotopic (exact) mass is 315 g/mol. The molecule has 22 heavy (non-hydrogen) atoms. The summed E-state index contributed by atoms with van der Waals surface area (Å²) in [6, 6.07) is 10.8. The summed E-state index contributed by atoms with van der Waals surface area (Å²) in [4.78, 5) is 12.5. The Morgan fingerprint density at radius 3 is 2.64 bits per heavy atom. The van der Waals surface area contributed by atoms with E-state index in [1.807, 2.05) is 18.2 Å². The van der Waals surface area contributed by atoms with Crippen LogP contribution in [0.1, 0.15) is 4.88 Å². The molecule has 0 aliphatic rings. The Labute approximate surface area is 131 Å². The van der Waals surface area contributed by atoms with Crippen LogP contribution in [-0.4, -0.2) is 25.3 Å². The van der Waals surface area contributed by atoms with Gasteiger partial charge in [-0.3, -0.25) is 0 Å². The minimum absolute atomic E-state index is 0.296. The van der Waals surface area contributed by atoms with E-state index in [9.17, 15) is 4.79 Å². The lowest BCUT2D eigenvalue weighted by Gasteiger charge is -2.08. The van der Waals surface area contributed by atoms with Crippen LogP contribution in [0.2, 0.25) is 0 Å². The third kappa shape index (κ3) is 3.27. The molecule has 0 fully saturated rings. The summed E-state index contributed by atoms with van der Waals surface area (Å²) in [6.07, 6.45) is 1.35. The van der Waals surface area contributed by atoms with Gasteiger partial charge in [0.2, 0.25) is 0 Å². The summed E-state index contributed by atoms with van der Waals surface area (Å²) in [5, 5.41) is 17.7. The molecule has 5 nitrogen and oxygen atoms in total. The third-order valence-corrected chi connectivity index (χ3v) is 4.00. The van der Waals surface area contributed by atoms with Crippen LogP contribution < -0.4 is 9.47 Å². The van der Waals surface area contributed by atoms with E-state index in [4.69, 9.17) is 19.8 Å². The van der Waals surface area contributed by atoms with Crippen molar-refractivity contribution in [3.05, 3.63) is 40.8 Å². The molecular formula is C16H13NO4S. The quantitative estimate of drug-likeness (QED) is 0.675. The molecule has 0 radical (unpaired) electrons. The van der Waals surface area contributed by atoms with Crippen LogP contribution in [-0.2, 0) is 4.79 Å². The van der Waals surface area contributed by atoms with Crippen molar-refractivity contribution in [3.8, 4) is 28.0 Å². The van der Waals surface area contributed by atoms with Gasteiger partial charge >= 0.3 is 5.97 Å². The Balaban J connectivity index is 2.41. The van der Waals surface area contributed by atoms with E-state index in [1.165, 1.54) is 17.4 Å². The highest BCUT2D eigenvalue weighted by Crippen LogP contribution is 2.37. The van der Waals surface area contributed by atoms with Gasteiger partial charge in [-0.2, -0.15) is 5.26 Å². The van der Waals surface area contributed by atoms with Crippen molar-refractivity contribution < 1.29 is 19.4 Å². The molecule has 112 valence electrons. The Morgan fingerprint density at radius 1 is 1.27 bits per heavy atom. The van der Waals surface area contributed by atoms with Crippen molar-refractivity contribution in [2.45, 2.75) is 0 Å². The number of nitrogens with zero attached hydrogens (tertiary/aromatic N) is 1. The molecule has 0 saturated heterocycles. The minimum Gasteiger partial charge on any atom is -0.497 e. The van der Waals surface area contributed by atoms with Crippen LogP contribution in [0.4, 0.5) is 0 Å². The maximum Gasteiger partial charge on any atom is 0.346 e. The van der Waals surface area contributed by atoms with Gasteiger partial charge in [0.25, 0.3) is 0 Å². The molecule has 1 aromatic carbocycles. The summed E-state index contributed by atoms with van der Waals surface area (Å²) in [5.41, 5.74) is 0.580. The molecule has 0 spiro atoms. The second-order valence-corrected chi connectivity index (χ2v) is 5.36. The molecule has 1 aromatic heterocycles. The van der Waals surface area contributed by atoms with Gasteiger partial charge in [0.05, 0.1) is 14.2 Å². The summed E-state index contributed by atoms with van der Waals surface area (Å²) >= 11 is 1.38. The lowest BCUT2D eigenvalue weighted by Crippen LogP contribution is -1.96. The van der Waals surface area contributed by atoms with E-state index in [0.717, 1.165) is 10.4 Å². The highest BCUT2D eigenvalue weighted by Gasteiger charge is 2.11. The standard InChI is InChI=1S/C16H13NO4S/c1-20-11-3-5-13(14(8-11)21-2)15-6-4-12(22-15)7-10(9-17)16(18)19/h3-8H,1-2H3,(H,18,19)/b10-7+. The van der Waals surface area contributed by atoms with Crippen LogP contribution in [0.5, 0.6) is 11.5 Å². The number of benzene rings is 1. The van der Waals surface area contributed by atoms with Gasteiger partial charge in [0.15, 0.2) is 0 Å². The maximum absolute atomic E-state index is 10.9. The van der Waals surface area contributed by atoms with Crippen molar-refractivity contribution in [1.29, 1.82) is 5.26 Å².